The third kappa shape index (κ3) is 1.93. The lowest BCUT2D eigenvalue weighted by molar-refractivity contribution is -0.136. The molecule has 1 N–H and O–H groups in total. The van der Waals surface area contributed by atoms with Crippen molar-refractivity contribution in [2.45, 2.75) is 17.1 Å². The van der Waals surface area contributed by atoms with Gasteiger partial charge >= 0.3 is 5.97 Å². The first-order valence-electron chi connectivity index (χ1n) is 4.79. The summed E-state index contributed by atoms with van der Waals surface area (Å²) in [6.07, 6.45) is 0. The van der Waals surface area contributed by atoms with Gasteiger partial charge in [0.25, 0.3) is 0 Å². The van der Waals surface area contributed by atoms with Gasteiger partial charge < -0.3 is 14.6 Å². The Morgan fingerprint density at radius 1 is 1.35 bits per heavy atom. The quantitative estimate of drug-likeness (QED) is 0.856. The van der Waals surface area contributed by atoms with E-state index in [1.54, 1.807) is 0 Å². The Morgan fingerprint density at radius 3 is 2.65 bits per heavy atom. The minimum absolute atomic E-state index is 0.0350. The Balaban J connectivity index is 2.44. The molecule has 0 radical (unpaired) electrons. The predicted octanol–water partition coefficient (Wildman–Crippen LogP) is 0.662. The average Bonchev–Trinajstić information content (AvgIpc) is 2.74. The molecule has 0 bridgehead atoms. The van der Waals surface area contributed by atoms with Crippen LogP contribution in [0.15, 0.2) is 23.1 Å². The van der Waals surface area contributed by atoms with Crippen molar-refractivity contribution in [1.29, 1.82) is 0 Å². The van der Waals surface area contributed by atoms with E-state index >= 15 is 0 Å². The van der Waals surface area contributed by atoms with Crippen molar-refractivity contribution >= 4 is 15.8 Å². The first-order valence-corrected chi connectivity index (χ1v) is 6.34. The first-order chi connectivity index (χ1) is 7.93. The lowest BCUT2D eigenvalue weighted by atomic mass is 10.3. The van der Waals surface area contributed by atoms with Crippen LogP contribution in [0.3, 0.4) is 0 Å². The number of sulfone groups is 1. The molecule has 0 amide bonds. The Hall–Kier alpha value is -1.76. The summed E-state index contributed by atoms with van der Waals surface area (Å²) >= 11 is 0. The van der Waals surface area contributed by atoms with Crippen LogP contribution >= 0.6 is 0 Å². The number of benzene rings is 1. The molecular formula is C10H10O6S. The van der Waals surface area contributed by atoms with Crippen molar-refractivity contribution in [3.05, 3.63) is 18.2 Å². The lowest BCUT2D eigenvalue weighted by Crippen LogP contribution is -2.26. The number of ether oxygens (including phenoxy) is 2. The van der Waals surface area contributed by atoms with Crippen molar-refractivity contribution in [3.8, 4) is 11.5 Å². The molecule has 0 saturated heterocycles. The molecule has 1 heterocycles. The number of carboxylic acid groups (broad SMARTS) is 1. The minimum Gasteiger partial charge on any atom is -0.480 e. The van der Waals surface area contributed by atoms with Gasteiger partial charge in [0.2, 0.25) is 6.79 Å². The minimum atomic E-state index is -3.89. The largest absolute Gasteiger partial charge is 0.480 e. The van der Waals surface area contributed by atoms with Gasteiger partial charge in [0.1, 0.15) is 0 Å². The molecule has 1 aliphatic rings. The SMILES string of the molecule is CC(C(=O)O)S(=O)(=O)c1ccc2c(c1)OCO2. The van der Waals surface area contributed by atoms with Crippen LogP contribution in [0.25, 0.3) is 0 Å². The van der Waals surface area contributed by atoms with E-state index in [1.807, 2.05) is 0 Å². The summed E-state index contributed by atoms with van der Waals surface area (Å²) in [4.78, 5) is 10.6. The van der Waals surface area contributed by atoms with Crippen LogP contribution in [0.1, 0.15) is 6.92 Å². The van der Waals surface area contributed by atoms with Crippen LogP contribution in [0.2, 0.25) is 0 Å². The summed E-state index contributed by atoms with van der Waals surface area (Å²) in [5.41, 5.74) is 0. The van der Waals surface area contributed by atoms with E-state index in [2.05, 4.69) is 0 Å². The molecule has 0 fully saturated rings. The number of rotatable bonds is 3. The molecule has 1 aromatic rings. The van der Waals surface area contributed by atoms with Gasteiger partial charge in [-0.2, -0.15) is 0 Å². The maximum absolute atomic E-state index is 11.9. The smallest absolute Gasteiger partial charge is 0.321 e. The normalized spacial score (nSPS) is 15.6. The fraction of sp³-hybridized carbons (Fsp3) is 0.300. The van der Waals surface area contributed by atoms with Crippen LogP contribution in [0.5, 0.6) is 11.5 Å². The van der Waals surface area contributed by atoms with Crippen molar-refractivity contribution in [2.24, 2.45) is 0 Å². The van der Waals surface area contributed by atoms with Crippen molar-refractivity contribution < 1.29 is 27.8 Å². The number of fused-ring (bicyclic) bond motifs is 1. The van der Waals surface area contributed by atoms with Gasteiger partial charge in [-0.25, -0.2) is 8.42 Å². The Morgan fingerprint density at radius 2 is 2.00 bits per heavy atom. The third-order valence-corrected chi connectivity index (χ3v) is 4.53. The summed E-state index contributed by atoms with van der Waals surface area (Å²) in [7, 11) is -3.89. The molecular weight excluding hydrogens is 248 g/mol. The Kier molecular flexibility index (Phi) is 2.70. The molecule has 0 saturated carbocycles. The van der Waals surface area contributed by atoms with Gasteiger partial charge in [-0.05, 0) is 19.1 Å². The number of hydrogen-bond acceptors (Lipinski definition) is 5. The molecule has 1 unspecified atom stereocenters. The average molecular weight is 258 g/mol. The fourth-order valence-electron chi connectivity index (χ4n) is 1.39. The van der Waals surface area contributed by atoms with Crippen LogP contribution in [0, 0.1) is 0 Å². The van der Waals surface area contributed by atoms with Gasteiger partial charge in [0, 0.05) is 6.07 Å². The molecule has 1 aromatic carbocycles. The molecule has 17 heavy (non-hydrogen) atoms. The maximum atomic E-state index is 11.9. The van der Waals surface area contributed by atoms with E-state index in [9.17, 15) is 13.2 Å². The summed E-state index contributed by atoms with van der Waals surface area (Å²) in [6, 6.07) is 4.03. The molecule has 1 atom stereocenters. The van der Waals surface area contributed by atoms with Gasteiger partial charge in [-0.1, -0.05) is 0 Å². The van der Waals surface area contributed by atoms with E-state index in [-0.39, 0.29) is 11.7 Å². The molecule has 92 valence electrons. The molecule has 0 spiro atoms. The summed E-state index contributed by atoms with van der Waals surface area (Å²) in [5.74, 6) is -0.627. The second-order valence-corrected chi connectivity index (χ2v) is 5.81. The topological polar surface area (TPSA) is 89.9 Å². The van der Waals surface area contributed by atoms with Crippen molar-refractivity contribution in [3.63, 3.8) is 0 Å². The molecule has 0 aliphatic carbocycles. The molecule has 7 heteroatoms. The van der Waals surface area contributed by atoms with E-state index in [0.29, 0.717) is 11.5 Å². The second kappa shape index (κ2) is 3.92. The van der Waals surface area contributed by atoms with Gasteiger partial charge in [-0.15, -0.1) is 0 Å². The molecule has 6 nitrogen and oxygen atoms in total. The third-order valence-electron chi connectivity index (χ3n) is 2.49. The van der Waals surface area contributed by atoms with E-state index in [4.69, 9.17) is 14.6 Å². The fourth-order valence-corrected chi connectivity index (χ4v) is 2.59. The van der Waals surface area contributed by atoms with Gasteiger partial charge in [-0.3, -0.25) is 4.79 Å². The van der Waals surface area contributed by atoms with Crippen molar-refractivity contribution in [1.82, 2.24) is 0 Å². The lowest BCUT2D eigenvalue weighted by Gasteiger charge is -2.08. The Bertz CT molecular complexity index is 562. The zero-order chi connectivity index (χ0) is 12.6. The summed E-state index contributed by atoms with van der Waals surface area (Å²) < 4.78 is 33.9. The molecule has 1 aliphatic heterocycles. The van der Waals surface area contributed by atoms with E-state index in [0.717, 1.165) is 6.92 Å². The number of carboxylic acids is 1. The first kappa shape index (κ1) is 11.7. The number of hydrogen-bond donors (Lipinski definition) is 1. The van der Waals surface area contributed by atoms with Crippen molar-refractivity contribution in [2.75, 3.05) is 6.79 Å². The highest BCUT2D eigenvalue weighted by molar-refractivity contribution is 7.92. The van der Waals surface area contributed by atoms with E-state index < -0.39 is 21.1 Å². The van der Waals surface area contributed by atoms with Gasteiger partial charge in [0.05, 0.1) is 4.90 Å². The Labute approximate surface area is 97.7 Å². The van der Waals surface area contributed by atoms with Crippen LogP contribution in [0.4, 0.5) is 0 Å². The second-order valence-electron chi connectivity index (χ2n) is 3.54. The van der Waals surface area contributed by atoms with Crippen LogP contribution in [-0.4, -0.2) is 31.5 Å². The predicted molar refractivity (Wildman–Crippen MR) is 56.8 cm³/mol. The van der Waals surface area contributed by atoms with E-state index in [1.165, 1.54) is 18.2 Å². The zero-order valence-electron chi connectivity index (χ0n) is 8.91. The standard InChI is InChI=1S/C10H10O6S/c1-6(10(11)12)17(13,14)7-2-3-8-9(4-7)16-5-15-8/h2-4,6H,5H2,1H3,(H,11,12). The summed E-state index contributed by atoms with van der Waals surface area (Å²) in [5, 5.41) is 7.24. The van der Waals surface area contributed by atoms with Gasteiger partial charge in [0.15, 0.2) is 26.6 Å². The van der Waals surface area contributed by atoms with Crippen LogP contribution < -0.4 is 9.47 Å². The monoisotopic (exact) mass is 258 g/mol. The highest BCUT2D eigenvalue weighted by atomic mass is 32.2. The van der Waals surface area contributed by atoms with Crippen LogP contribution in [-0.2, 0) is 14.6 Å². The highest BCUT2D eigenvalue weighted by Crippen LogP contribution is 2.34. The number of aliphatic carboxylic acids is 1. The zero-order valence-corrected chi connectivity index (χ0v) is 9.73. The summed E-state index contributed by atoms with van der Waals surface area (Å²) in [6.45, 7) is 1.16. The molecule has 0 aromatic heterocycles. The molecule has 2 rings (SSSR count). The number of carbonyl (C=O) groups is 1. The maximum Gasteiger partial charge on any atom is 0.321 e. The highest BCUT2D eigenvalue weighted by Gasteiger charge is 2.30.